The normalized spacial score (nSPS) is 11.2. The van der Waals surface area contributed by atoms with Gasteiger partial charge in [-0.3, -0.25) is 4.90 Å². The van der Waals surface area contributed by atoms with Crippen LogP contribution < -0.4 is 0 Å². The molecular formula is C16H16N2OS. The summed E-state index contributed by atoms with van der Waals surface area (Å²) in [5, 5.41) is 2.10. The van der Waals surface area contributed by atoms with E-state index in [0.717, 1.165) is 30.1 Å². The molecule has 0 atom stereocenters. The molecule has 2 aromatic heterocycles. The zero-order valence-electron chi connectivity index (χ0n) is 11.2. The number of rotatable bonds is 6. The second kappa shape index (κ2) is 6.03. The Morgan fingerprint density at radius 2 is 2.10 bits per heavy atom. The standard InChI is InChI=1S/C16H16N2OS/c1-2-9-18(11-13-6-5-10-20-13)12-16-17-14-7-3-4-8-15(14)19-16/h2-8,10H,1,9,11-12H2. The van der Waals surface area contributed by atoms with Crippen LogP contribution in [0.4, 0.5) is 0 Å². The maximum absolute atomic E-state index is 5.78. The minimum absolute atomic E-state index is 0.693. The number of oxazole rings is 1. The summed E-state index contributed by atoms with van der Waals surface area (Å²) >= 11 is 1.77. The van der Waals surface area contributed by atoms with Crippen molar-refractivity contribution in [2.75, 3.05) is 6.54 Å². The molecule has 0 saturated heterocycles. The maximum Gasteiger partial charge on any atom is 0.209 e. The summed E-state index contributed by atoms with van der Waals surface area (Å²) in [5.41, 5.74) is 1.76. The van der Waals surface area contributed by atoms with Crippen LogP contribution in [0.1, 0.15) is 10.8 Å². The van der Waals surface area contributed by atoms with Crippen molar-refractivity contribution in [3.63, 3.8) is 0 Å². The van der Waals surface area contributed by atoms with Gasteiger partial charge in [0.2, 0.25) is 5.89 Å². The molecule has 0 saturated carbocycles. The van der Waals surface area contributed by atoms with Crippen LogP contribution in [0, 0.1) is 0 Å². The van der Waals surface area contributed by atoms with Gasteiger partial charge < -0.3 is 4.42 Å². The summed E-state index contributed by atoms with van der Waals surface area (Å²) in [7, 11) is 0. The number of aromatic nitrogens is 1. The summed E-state index contributed by atoms with van der Waals surface area (Å²) in [6.07, 6.45) is 1.91. The Balaban J connectivity index is 1.76. The second-order valence-corrected chi connectivity index (χ2v) is 5.65. The van der Waals surface area contributed by atoms with Gasteiger partial charge in [0.1, 0.15) is 5.52 Å². The van der Waals surface area contributed by atoms with Gasteiger partial charge in [-0.2, -0.15) is 0 Å². The predicted molar refractivity (Wildman–Crippen MR) is 82.6 cm³/mol. The van der Waals surface area contributed by atoms with Crippen LogP contribution in [0.2, 0.25) is 0 Å². The lowest BCUT2D eigenvalue weighted by molar-refractivity contribution is 0.260. The zero-order chi connectivity index (χ0) is 13.8. The molecule has 0 N–H and O–H groups in total. The number of nitrogens with zero attached hydrogens (tertiary/aromatic N) is 2. The lowest BCUT2D eigenvalue weighted by Crippen LogP contribution is -2.22. The maximum atomic E-state index is 5.78. The number of benzene rings is 1. The summed E-state index contributed by atoms with van der Waals surface area (Å²) in [4.78, 5) is 8.13. The van der Waals surface area contributed by atoms with Crippen molar-refractivity contribution < 1.29 is 4.42 Å². The van der Waals surface area contributed by atoms with E-state index in [4.69, 9.17) is 4.42 Å². The first kappa shape index (κ1) is 13.1. The van der Waals surface area contributed by atoms with Crippen molar-refractivity contribution in [3.8, 4) is 0 Å². The van der Waals surface area contributed by atoms with Gasteiger partial charge >= 0.3 is 0 Å². The molecule has 2 heterocycles. The molecule has 0 amide bonds. The summed E-state index contributed by atoms with van der Waals surface area (Å²) in [5.74, 6) is 0.754. The molecule has 3 aromatic rings. The number of thiophene rings is 1. The van der Waals surface area contributed by atoms with E-state index in [-0.39, 0.29) is 0 Å². The number of hydrogen-bond donors (Lipinski definition) is 0. The van der Waals surface area contributed by atoms with Crippen molar-refractivity contribution in [1.29, 1.82) is 0 Å². The lowest BCUT2D eigenvalue weighted by atomic mass is 10.3. The van der Waals surface area contributed by atoms with Gasteiger partial charge in [-0.15, -0.1) is 17.9 Å². The summed E-state index contributed by atoms with van der Waals surface area (Å²) in [6, 6.07) is 12.1. The molecule has 0 aliphatic heterocycles. The highest BCUT2D eigenvalue weighted by atomic mass is 32.1. The SMILES string of the molecule is C=CCN(Cc1nc2ccccc2o1)Cc1cccs1. The highest BCUT2D eigenvalue weighted by molar-refractivity contribution is 7.09. The molecule has 0 aliphatic carbocycles. The van der Waals surface area contributed by atoms with E-state index in [0.29, 0.717) is 6.54 Å². The first-order valence-electron chi connectivity index (χ1n) is 6.55. The average molecular weight is 284 g/mol. The van der Waals surface area contributed by atoms with Gasteiger partial charge in [-0.25, -0.2) is 4.98 Å². The van der Waals surface area contributed by atoms with E-state index < -0.39 is 0 Å². The van der Waals surface area contributed by atoms with Gasteiger partial charge in [0.25, 0.3) is 0 Å². The Bertz CT molecular complexity index is 654. The van der Waals surface area contributed by atoms with Crippen molar-refractivity contribution in [2.45, 2.75) is 13.1 Å². The molecular weight excluding hydrogens is 268 g/mol. The van der Waals surface area contributed by atoms with Gasteiger partial charge in [-0.1, -0.05) is 24.3 Å². The Labute approximate surface area is 122 Å². The third-order valence-electron chi connectivity index (χ3n) is 3.04. The number of fused-ring (bicyclic) bond motifs is 1. The molecule has 0 bridgehead atoms. The van der Waals surface area contributed by atoms with Crippen LogP contribution in [0.15, 0.2) is 58.9 Å². The quantitative estimate of drug-likeness (QED) is 0.639. The molecule has 3 nitrogen and oxygen atoms in total. The van der Waals surface area contributed by atoms with Gasteiger partial charge in [0.05, 0.1) is 6.54 Å². The average Bonchev–Trinajstić information content (AvgIpc) is 3.07. The van der Waals surface area contributed by atoms with Crippen molar-refractivity contribution in [3.05, 3.63) is 65.2 Å². The molecule has 20 heavy (non-hydrogen) atoms. The van der Waals surface area contributed by atoms with Crippen LogP contribution in [0.25, 0.3) is 11.1 Å². The van der Waals surface area contributed by atoms with Gasteiger partial charge in [0, 0.05) is 18.0 Å². The van der Waals surface area contributed by atoms with Crippen molar-refractivity contribution >= 4 is 22.4 Å². The summed E-state index contributed by atoms with van der Waals surface area (Å²) in [6.45, 7) is 6.23. The van der Waals surface area contributed by atoms with E-state index in [1.54, 1.807) is 11.3 Å². The predicted octanol–water partition coefficient (Wildman–Crippen LogP) is 4.08. The van der Waals surface area contributed by atoms with Crippen LogP contribution in [-0.4, -0.2) is 16.4 Å². The van der Waals surface area contributed by atoms with Crippen LogP contribution in [-0.2, 0) is 13.1 Å². The third-order valence-corrected chi connectivity index (χ3v) is 3.91. The monoisotopic (exact) mass is 284 g/mol. The van der Waals surface area contributed by atoms with Gasteiger partial charge in [-0.05, 0) is 23.6 Å². The van der Waals surface area contributed by atoms with Crippen LogP contribution >= 0.6 is 11.3 Å². The first-order chi connectivity index (χ1) is 9.85. The van der Waals surface area contributed by atoms with Crippen molar-refractivity contribution in [1.82, 2.24) is 9.88 Å². The lowest BCUT2D eigenvalue weighted by Gasteiger charge is -2.17. The number of hydrogen-bond acceptors (Lipinski definition) is 4. The second-order valence-electron chi connectivity index (χ2n) is 4.61. The Morgan fingerprint density at radius 3 is 2.85 bits per heavy atom. The highest BCUT2D eigenvalue weighted by Gasteiger charge is 2.11. The zero-order valence-corrected chi connectivity index (χ0v) is 12.0. The Kier molecular flexibility index (Phi) is 3.95. The molecule has 4 heteroatoms. The fourth-order valence-corrected chi connectivity index (χ4v) is 2.92. The number of para-hydroxylation sites is 2. The Hall–Kier alpha value is -1.91. The fraction of sp³-hybridized carbons (Fsp3) is 0.188. The van der Waals surface area contributed by atoms with Crippen molar-refractivity contribution in [2.24, 2.45) is 0 Å². The third kappa shape index (κ3) is 2.98. The highest BCUT2D eigenvalue weighted by Crippen LogP contribution is 2.18. The van der Waals surface area contributed by atoms with E-state index in [1.807, 2.05) is 30.3 Å². The minimum Gasteiger partial charge on any atom is -0.439 e. The van der Waals surface area contributed by atoms with E-state index in [9.17, 15) is 0 Å². The molecule has 0 radical (unpaired) electrons. The largest absolute Gasteiger partial charge is 0.439 e. The van der Waals surface area contributed by atoms with Crippen LogP contribution in [0.5, 0.6) is 0 Å². The van der Waals surface area contributed by atoms with Crippen LogP contribution in [0.3, 0.4) is 0 Å². The van der Waals surface area contributed by atoms with Gasteiger partial charge in [0.15, 0.2) is 5.58 Å². The minimum atomic E-state index is 0.693. The molecule has 0 spiro atoms. The molecule has 0 unspecified atom stereocenters. The topological polar surface area (TPSA) is 29.3 Å². The molecule has 0 aliphatic rings. The van der Waals surface area contributed by atoms with E-state index >= 15 is 0 Å². The summed E-state index contributed by atoms with van der Waals surface area (Å²) < 4.78 is 5.78. The smallest absolute Gasteiger partial charge is 0.209 e. The molecule has 1 aromatic carbocycles. The van der Waals surface area contributed by atoms with E-state index in [1.165, 1.54) is 4.88 Å². The Morgan fingerprint density at radius 1 is 1.20 bits per heavy atom. The van der Waals surface area contributed by atoms with E-state index in [2.05, 4.69) is 34.0 Å². The molecule has 0 fully saturated rings. The first-order valence-corrected chi connectivity index (χ1v) is 7.43. The fourth-order valence-electron chi connectivity index (χ4n) is 2.17. The molecule has 102 valence electrons. The molecule has 3 rings (SSSR count).